The van der Waals surface area contributed by atoms with E-state index in [4.69, 9.17) is 0 Å². The predicted octanol–water partition coefficient (Wildman–Crippen LogP) is 4.54. The van der Waals surface area contributed by atoms with Crippen LogP contribution in [0.25, 0.3) is 0 Å². The van der Waals surface area contributed by atoms with Gasteiger partial charge in [0.25, 0.3) is 0 Å². The Hall–Kier alpha value is -3.14. The van der Waals surface area contributed by atoms with Gasteiger partial charge in [0, 0.05) is 37.3 Å². The molecule has 27 heavy (non-hydrogen) atoms. The summed E-state index contributed by atoms with van der Waals surface area (Å²) in [5, 5.41) is 2.80. The molecule has 0 aromatic heterocycles. The van der Waals surface area contributed by atoms with Crippen LogP contribution in [0.3, 0.4) is 0 Å². The molecule has 0 saturated carbocycles. The Kier molecular flexibility index (Phi) is 6.58. The van der Waals surface area contributed by atoms with Gasteiger partial charge in [-0.2, -0.15) is 0 Å². The molecule has 3 nitrogen and oxygen atoms in total. The summed E-state index contributed by atoms with van der Waals surface area (Å²) in [6.07, 6.45) is 0.343. The average Bonchev–Trinajstić information content (AvgIpc) is 2.72. The molecule has 0 aliphatic rings. The maximum absolute atomic E-state index is 13.7. The molecular weight excluding hydrogens is 339 g/mol. The Balaban J connectivity index is 1.59. The van der Waals surface area contributed by atoms with Crippen LogP contribution < -0.4 is 10.2 Å². The molecule has 0 atom stereocenters. The number of halogens is 1. The normalized spacial score (nSPS) is 10.4. The third kappa shape index (κ3) is 5.68. The molecule has 0 radical (unpaired) electrons. The number of carbonyl (C=O) groups is 1. The number of amides is 1. The molecular formula is C23H23FN2O. The molecule has 0 fully saturated rings. The topological polar surface area (TPSA) is 32.3 Å². The monoisotopic (exact) mass is 362 g/mol. The Labute approximate surface area is 159 Å². The number of hydrogen-bond donors (Lipinski definition) is 1. The second kappa shape index (κ2) is 9.53. The Morgan fingerprint density at radius 3 is 2.19 bits per heavy atom. The molecule has 1 N–H and O–H groups in total. The molecule has 0 heterocycles. The molecule has 4 heteroatoms. The summed E-state index contributed by atoms with van der Waals surface area (Å²) in [7, 11) is 0. The van der Waals surface area contributed by atoms with Crippen LogP contribution in [0.1, 0.15) is 17.5 Å². The van der Waals surface area contributed by atoms with Crippen molar-refractivity contribution in [3.05, 3.63) is 102 Å². The highest BCUT2D eigenvalue weighted by molar-refractivity contribution is 5.76. The molecule has 3 rings (SSSR count). The largest absolute Gasteiger partial charge is 0.367 e. The van der Waals surface area contributed by atoms with Crippen LogP contribution in [-0.2, 0) is 17.9 Å². The van der Waals surface area contributed by atoms with Crippen LogP contribution in [0.2, 0.25) is 0 Å². The molecule has 3 aromatic carbocycles. The summed E-state index contributed by atoms with van der Waals surface area (Å²) >= 11 is 0. The molecule has 0 spiro atoms. The van der Waals surface area contributed by atoms with Crippen molar-refractivity contribution in [2.45, 2.75) is 19.5 Å². The van der Waals surface area contributed by atoms with E-state index in [1.807, 2.05) is 48.5 Å². The van der Waals surface area contributed by atoms with Crippen LogP contribution in [0.5, 0.6) is 0 Å². The van der Waals surface area contributed by atoms with Crippen molar-refractivity contribution >= 4 is 11.6 Å². The lowest BCUT2D eigenvalue weighted by molar-refractivity contribution is -0.121. The molecule has 0 aliphatic heterocycles. The van der Waals surface area contributed by atoms with Crippen LogP contribution in [0, 0.1) is 5.82 Å². The van der Waals surface area contributed by atoms with E-state index in [2.05, 4.69) is 22.3 Å². The van der Waals surface area contributed by atoms with Crippen molar-refractivity contribution in [1.29, 1.82) is 0 Å². The van der Waals surface area contributed by atoms with Gasteiger partial charge in [-0.05, 0) is 23.8 Å². The lowest BCUT2D eigenvalue weighted by atomic mass is 10.2. The van der Waals surface area contributed by atoms with Crippen molar-refractivity contribution in [2.24, 2.45) is 0 Å². The van der Waals surface area contributed by atoms with Gasteiger partial charge in [-0.15, -0.1) is 0 Å². The van der Waals surface area contributed by atoms with E-state index in [0.717, 1.165) is 12.2 Å². The highest BCUT2D eigenvalue weighted by Gasteiger charge is 2.10. The van der Waals surface area contributed by atoms with Crippen LogP contribution in [0.15, 0.2) is 84.9 Å². The first-order valence-corrected chi connectivity index (χ1v) is 9.06. The first kappa shape index (κ1) is 18.6. The lowest BCUT2D eigenvalue weighted by Crippen LogP contribution is -2.30. The summed E-state index contributed by atoms with van der Waals surface area (Å²) in [5.41, 5.74) is 2.76. The third-order valence-corrected chi connectivity index (χ3v) is 4.38. The average molecular weight is 362 g/mol. The highest BCUT2D eigenvalue weighted by atomic mass is 19.1. The maximum Gasteiger partial charge on any atom is 0.222 e. The van der Waals surface area contributed by atoms with Crippen LogP contribution >= 0.6 is 0 Å². The van der Waals surface area contributed by atoms with Gasteiger partial charge in [0.15, 0.2) is 0 Å². The number of carbonyl (C=O) groups excluding carboxylic acids is 1. The Bertz CT molecular complexity index is 853. The number of para-hydroxylation sites is 1. The number of rotatable bonds is 8. The van der Waals surface area contributed by atoms with Gasteiger partial charge in [0.05, 0.1) is 0 Å². The molecule has 0 unspecified atom stereocenters. The minimum atomic E-state index is -0.298. The fourth-order valence-corrected chi connectivity index (χ4v) is 2.90. The van der Waals surface area contributed by atoms with E-state index in [1.54, 1.807) is 18.2 Å². The van der Waals surface area contributed by atoms with Gasteiger partial charge in [-0.3, -0.25) is 4.79 Å². The van der Waals surface area contributed by atoms with Gasteiger partial charge >= 0.3 is 0 Å². The van der Waals surface area contributed by atoms with E-state index < -0.39 is 0 Å². The van der Waals surface area contributed by atoms with E-state index in [9.17, 15) is 9.18 Å². The SMILES string of the molecule is O=C(CCN(Cc1ccccc1)c1ccccc1)NCc1ccccc1F. The zero-order valence-corrected chi connectivity index (χ0v) is 15.1. The molecule has 0 saturated heterocycles. The first-order valence-electron chi connectivity index (χ1n) is 9.06. The minimum absolute atomic E-state index is 0.0905. The van der Waals surface area contributed by atoms with Crippen LogP contribution in [0.4, 0.5) is 10.1 Å². The van der Waals surface area contributed by atoms with E-state index >= 15 is 0 Å². The number of anilines is 1. The summed E-state index contributed by atoms with van der Waals surface area (Å²) in [4.78, 5) is 14.4. The van der Waals surface area contributed by atoms with Gasteiger partial charge in [0.2, 0.25) is 5.91 Å². The second-order valence-electron chi connectivity index (χ2n) is 6.36. The Morgan fingerprint density at radius 2 is 1.48 bits per heavy atom. The first-order chi connectivity index (χ1) is 13.2. The zero-order valence-electron chi connectivity index (χ0n) is 15.1. The number of hydrogen-bond acceptors (Lipinski definition) is 2. The Morgan fingerprint density at radius 1 is 0.852 bits per heavy atom. The zero-order chi connectivity index (χ0) is 18.9. The van der Waals surface area contributed by atoms with E-state index in [-0.39, 0.29) is 18.3 Å². The van der Waals surface area contributed by atoms with Gasteiger partial charge in [-0.25, -0.2) is 4.39 Å². The number of nitrogens with zero attached hydrogens (tertiary/aromatic N) is 1. The van der Waals surface area contributed by atoms with Gasteiger partial charge < -0.3 is 10.2 Å². The van der Waals surface area contributed by atoms with Gasteiger partial charge in [-0.1, -0.05) is 66.7 Å². The summed E-state index contributed by atoms with van der Waals surface area (Å²) < 4.78 is 13.7. The van der Waals surface area contributed by atoms with Crippen molar-refractivity contribution in [1.82, 2.24) is 5.32 Å². The maximum atomic E-state index is 13.7. The van der Waals surface area contributed by atoms with Crippen molar-refractivity contribution in [3.8, 4) is 0 Å². The summed E-state index contributed by atoms with van der Waals surface area (Å²) in [6.45, 7) is 1.52. The molecule has 3 aromatic rings. The molecule has 0 bridgehead atoms. The standard InChI is InChI=1S/C23H23FN2O/c24-22-14-8-7-11-20(22)17-25-23(27)15-16-26(21-12-5-2-6-13-21)18-19-9-3-1-4-10-19/h1-14H,15-18H2,(H,25,27). The molecule has 138 valence electrons. The van der Waals surface area contributed by atoms with Crippen molar-refractivity contribution in [3.63, 3.8) is 0 Å². The highest BCUT2D eigenvalue weighted by Crippen LogP contribution is 2.17. The second-order valence-corrected chi connectivity index (χ2v) is 6.36. The minimum Gasteiger partial charge on any atom is -0.367 e. The molecule has 1 amide bonds. The van der Waals surface area contributed by atoms with Gasteiger partial charge in [0.1, 0.15) is 5.82 Å². The van der Waals surface area contributed by atoms with Crippen molar-refractivity contribution < 1.29 is 9.18 Å². The lowest BCUT2D eigenvalue weighted by Gasteiger charge is -2.25. The van der Waals surface area contributed by atoms with Crippen molar-refractivity contribution in [2.75, 3.05) is 11.4 Å². The molecule has 0 aliphatic carbocycles. The van der Waals surface area contributed by atoms with Crippen LogP contribution in [-0.4, -0.2) is 12.5 Å². The number of benzene rings is 3. The van der Waals surface area contributed by atoms with E-state index in [0.29, 0.717) is 18.5 Å². The number of nitrogens with one attached hydrogen (secondary N) is 1. The predicted molar refractivity (Wildman–Crippen MR) is 107 cm³/mol. The fourth-order valence-electron chi connectivity index (χ4n) is 2.90. The summed E-state index contributed by atoms with van der Waals surface area (Å²) in [6, 6.07) is 26.7. The van der Waals surface area contributed by atoms with E-state index in [1.165, 1.54) is 11.6 Å². The summed E-state index contributed by atoms with van der Waals surface area (Å²) in [5.74, 6) is -0.389. The smallest absolute Gasteiger partial charge is 0.222 e. The third-order valence-electron chi connectivity index (χ3n) is 4.38. The quantitative estimate of drug-likeness (QED) is 0.638. The fraction of sp³-hybridized carbons (Fsp3) is 0.174.